The fourth-order valence-corrected chi connectivity index (χ4v) is 4.64. The van der Waals surface area contributed by atoms with Gasteiger partial charge in [-0.3, -0.25) is 14.5 Å². The molecule has 3 rings (SSSR count). The number of hydrogen-bond donors (Lipinski definition) is 1. The minimum Gasteiger partial charge on any atom is -0.483 e. The molecule has 184 valence electrons. The van der Waals surface area contributed by atoms with Crippen molar-refractivity contribution in [2.75, 3.05) is 25.4 Å². The number of para-hydroxylation sites is 1. The van der Waals surface area contributed by atoms with Crippen LogP contribution in [0.25, 0.3) is 0 Å². The number of carbonyl (C=O) groups is 2. The van der Waals surface area contributed by atoms with Crippen molar-refractivity contribution in [3.63, 3.8) is 0 Å². The van der Waals surface area contributed by atoms with Gasteiger partial charge in [-0.05, 0) is 37.6 Å². The first-order chi connectivity index (χ1) is 16.0. The lowest BCUT2D eigenvalue weighted by Gasteiger charge is -2.44. The zero-order valence-electron chi connectivity index (χ0n) is 19.3. The smallest absolute Gasteiger partial charge is 0.260 e. The molecule has 0 saturated carbocycles. The van der Waals surface area contributed by atoms with E-state index in [1.165, 1.54) is 12.1 Å². The number of nitrogens with two attached hydrogens (primary N) is 1. The Balaban J connectivity index is 1.57. The average Bonchev–Trinajstić information content (AvgIpc) is 2.75. The van der Waals surface area contributed by atoms with E-state index in [-0.39, 0.29) is 36.8 Å². The molecule has 8 nitrogen and oxygen atoms in total. The summed E-state index contributed by atoms with van der Waals surface area (Å²) in [6, 6.07) is 13.2. The maximum Gasteiger partial charge on any atom is 0.260 e. The second-order valence-corrected chi connectivity index (χ2v) is 10.3. The van der Waals surface area contributed by atoms with E-state index in [1.807, 2.05) is 13.8 Å². The first kappa shape index (κ1) is 25.8. The van der Waals surface area contributed by atoms with Crippen LogP contribution in [0.3, 0.4) is 0 Å². The number of halogens is 1. The number of rotatable bonds is 9. The van der Waals surface area contributed by atoms with E-state index in [1.54, 1.807) is 41.3 Å². The van der Waals surface area contributed by atoms with Gasteiger partial charge in [0.15, 0.2) is 12.4 Å². The lowest BCUT2D eigenvalue weighted by molar-refractivity contribution is -0.139. The highest BCUT2D eigenvalue weighted by atomic mass is 32.2. The summed E-state index contributed by atoms with van der Waals surface area (Å²) in [5.74, 6) is -1.39. The molecular formula is C24H30FN3O5S. The molecule has 2 aromatic rings. The molecule has 10 heteroatoms. The summed E-state index contributed by atoms with van der Waals surface area (Å²) in [4.78, 5) is 29.0. The number of ketones is 1. The molecule has 0 bridgehead atoms. The zero-order chi connectivity index (χ0) is 24.9. The van der Waals surface area contributed by atoms with Crippen molar-refractivity contribution in [1.29, 1.82) is 0 Å². The number of Topliss-reactive ketones (excluding diaryl/α,β-unsaturated/α-hetero) is 1. The van der Waals surface area contributed by atoms with Gasteiger partial charge < -0.3 is 9.64 Å². The second kappa shape index (κ2) is 11.1. The highest BCUT2D eigenvalue weighted by molar-refractivity contribution is 7.89. The van der Waals surface area contributed by atoms with Gasteiger partial charge in [-0.1, -0.05) is 30.3 Å². The van der Waals surface area contributed by atoms with E-state index in [4.69, 9.17) is 9.88 Å². The summed E-state index contributed by atoms with van der Waals surface area (Å²) >= 11 is 0. The fourth-order valence-electron chi connectivity index (χ4n) is 4.09. The van der Waals surface area contributed by atoms with Gasteiger partial charge in [0.25, 0.3) is 5.91 Å². The van der Waals surface area contributed by atoms with Gasteiger partial charge >= 0.3 is 0 Å². The van der Waals surface area contributed by atoms with Gasteiger partial charge in [-0.25, -0.2) is 17.9 Å². The van der Waals surface area contributed by atoms with E-state index >= 15 is 0 Å². The molecule has 0 spiro atoms. The van der Waals surface area contributed by atoms with Gasteiger partial charge in [0.2, 0.25) is 10.0 Å². The molecule has 2 atom stereocenters. The number of nitrogens with zero attached hydrogens (tertiary/aromatic N) is 2. The van der Waals surface area contributed by atoms with E-state index < -0.39 is 21.6 Å². The van der Waals surface area contributed by atoms with Crippen LogP contribution in [-0.2, 0) is 32.6 Å². The SMILES string of the molecule is C[C@@H]1CN(Cc2ccc(F)cc2)[C@@H](C)CN1C(=O)COc1ccccc1CC(=O)CS(N)(=O)=O. The molecule has 1 heterocycles. The van der Waals surface area contributed by atoms with Crippen LogP contribution >= 0.6 is 0 Å². The molecule has 1 amide bonds. The zero-order valence-corrected chi connectivity index (χ0v) is 20.1. The van der Waals surface area contributed by atoms with Crippen molar-refractivity contribution >= 4 is 21.7 Å². The third kappa shape index (κ3) is 7.34. The molecule has 0 aromatic heterocycles. The van der Waals surface area contributed by atoms with Crippen molar-refractivity contribution in [2.24, 2.45) is 5.14 Å². The van der Waals surface area contributed by atoms with E-state index in [2.05, 4.69) is 4.90 Å². The van der Waals surface area contributed by atoms with Gasteiger partial charge in [0.1, 0.15) is 17.3 Å². The quantitative estimate of drug-likeness (QED) is 0.572. The summed E-state index contributed by atoms with van der Waals surface area (Å²) in [7, 11) is -3.91. The molecule has 1 fully saturated rings. The van der Waals surface area contributed by atoms with Crippen LogP contribution in [0.2, 0.25) is 0 Å². The van der Waals surface area contributed by atoms with E-state index in [0.717, 1.165) is 5.56 Å². The summed E-state index contributed by atoms with van der Waals surface area (Å²) in [6.45, 7) is 5.69. The third-order valence-electron chi connectivity index (χ3n) is 5.81. The molecule has 2 N–H and O–H groups in total. The summed E-state index contributed by atoms with van der Waals surface area (Å²) in [6.07, 6.45) is -0.156. The average molecular weight is 492 g/mol. The molecule has 0 radical (unpaired) electrons. The van der Waals surface area contributed by atoms with E-state index in [0.29, 0.717) is 30.9 Å². The van der Waals surface area contributed by atoms with Crippen molar-refractivity contribution in [1.82, 2.24) is 9.80 Å². The number of primary sulfonamides is 1. The van der Waals surface area contributed by atoms with Crippen molar-refractivity contribution in [3.05, 3.63) is 65.5 Å². The van der Waals surface area contributed by atoms with Gasteiger partial charge in [0.05, 0.1) is 0 Å². The van der Waals surface area contributed by atoms with Crippen LogP contribution in [0.1, 0.15) is 25.0 Å². The Morgan fingerprint density at radius 3 is 2.41 bits per heavy atom. The molecule has 1 saturated heterocycles. The molecule has 2 aromatic carbocycles. The number of benzene rings is 2. The van der Waals surface area contributed by atoms with Crippen LogP contribution < -0.4 is 9.88 Å². The topological polar surface area (TPSA) is 110 Å². The van der Waals surface area contributed by atoms with Crippen LogP contribution in [0.4, 0.5) is 4.39 Å². The summed E-state index contributed by atoms with van der Waals surface area (Å²) in [5.41, 5.74) is 1.51. The standard InChI is InChI=1S/C24H30FN3O5S/c1-17-13-28(18(2)12-27(17)14-19-7-9-21(25)10-8-19)24(30)15-33-23-6-4-3-5-20(23)11-22(29)16-34(26,31)32/h3-10,17-18H,11-16H2,1-2H3,(H2,26,31,32)/t17-,18+/m0/s1. The van der Waals surface area contributed by atoms with Gasteiger partial charge in [-0.2, -0.15) is 0 Å². The second-order valence-electron chi connectivity index (χ2n) is 8.72. The molecule has 1 aliphatic rings. The minimum absolute atomic E-state index is 0.0423. The molecule has 0 aliphatic carbocycles. The first-order valence-electron chi connectivity index (χ1n) is 11.0. The predicted molar refractivity (Wildman–Crippen MR) is 126 cm³/mol. The number of sulfonamides is 1. The Labute approximate surface area is 199 Å². The molecular weight excluding hydrogens is 461 g/mol. The molecule has 34 heavy (non-hydrogen) atoms. The minimum atomic E-state index is -3.91. The van der Waals surface area contributed by atoms with Gasteiger partial charge in [-0.15, -0.1) is 0 Å². The molecule has 1 aliphatic heterocycles. The Kier molecular flexibility index (Phi) is 8.40. The first-order valence-corrected chi connectivity index (χ1v) is 12.7. The number of carbonyl (C=O) groups excluding carboxylic acids is 2. The number of amides is 1. The summed E-state index contributed by atoms with van der Waals surface area (Å²) < 4.78 is 41.2. The number of ether oxygens (including phenoxy) is 1. The maximum atomic E-state index is 13.2. The lowest BCUT2D eigenvalue weighted by atomic mass is 10.1. The third-order valence-corrected chi connectivity index (χ3v) is 6.53. The summed E-state index contributed by atoms with van der Waals surface area (Å²) in [5, 5.41) is 4.94. The lowest BCUT2D eigenvalue weighted by Crippen LogP contribution is -2.58. The fraction of sp³-hybridized carbons (Fsp3) is 0.417. The van der Waals surface area contributed by atoms with Crippen LogP contribution in [0.15, 0.2) is 48.5 Å². The number of hydrogen-bond acceptors (Lipinski definition) is 6. The van der Waals surface area contributed by atoms with Gasteiger partial charge in [0, 0.05) is 43.7 Å². The normalized spacial score (nSPS) is 19.1. The van der Waals surface area contributed by atoms with Crippen LogP contribution in [-0.4, -0.2) is 67.4 Å². The monoisotopic (exact) mass is 491 g/mol. The maximum absolute atomic E-state index is 13.2. The Morgan fingerprint density at radius 1 is 1.06 bits per heavy atom. The van der Waals surface area contributed by atoms with Crippen molar-refractivity contribution in [2.45, 2.75) is 38.9 Å². The predicted octanol–water partition coefficient (Wildman–Crippen LogP) is 1.73. The van der Waals surface area contributed by atoms with E-state index in [9.17, 15) is 22.4 Å². The Bertz CT molecular complexity index is 1120. The van der Waals surface area contributed by atoms with Crippen molar-refractivity contribution < 1.29 is 27.1 Å². The Morgan fingerprint density at radius 2 is 1.74 bits per heavy atom. The Hall–Kier alpha value is -2.82. The van der Waals surface area contributed by atoms with Crippen molar-refractivity contribution in [3.8, 4) is 5.75 Å². The number of piperazine rings is 1. The van der Waals surface area contributed by atoms with Crippen LogP contribution in [0.5, 0.6) is 5.75 Å². The molecule has 0 unspecified atom stereocenters. The largest absolute Gasteiger partial charge is 0.483 e. The highest BCUT2D eigenvalue weighted by Crippen LogP contribution is 2.21. The highest BCUT2D eigenvalue weighted by Gasteiger charge is 2.32. The van der Waals surface area contributed by atoms with Crippen LogP contribution in [0, 0.1) is 5.82 Å².